The van der Waals surface area contributed by atoms with E-state index in [0.29, 0.717) is 12.0 Å². The average molecular weight is 304 g/mol. The van der Waals surface area contributed by atoms with Crippen molar-refractivity contribution in [3.05, 3.63) is 64.7 Å². The molecule has 0 saturated carbocycles. The van der Waals surface area contributed by atoms with E-state index in [1.165, 1.54) is 11.1 Å². The fraction of sp³-hybridized carbons (Fsp3) is 0.333. The zero-order valence-electron chi connectivity index (χ0n) is 12.8. The van der Waals surface area contributed by atoms with E-state index >= 15 is 0 Å². The highest BCUT2D eigenvalue weighted by atomic mass is 35.5. The Hall–Kier alpha value is -1.51. The van der Waals surface area contributed by atoms with Crippen LogP contribution in [0.25, 0.3) is 0 Å². The van der Waals surface area contributed by atoms with Crippen LogP contribution in [-0.2, 0) is 6.54 Å². The van der Waals surface area contributed by atoms with Crippen LogP contribution in [0.5, 0.6) is 5.75 Å². The number of ether oxygens (including phenoxy) is 1. The number of hydrogen-bond donors (Lipinski definition) is 1. The maximum atomic E-state index is 5.97. The van der Waals surface area contributed by atoms with Crippen LogP contribution in [0.1, 0.15) is 31.0 Å². The molecule has 3 heteroatoms. The Morgan fingerprint density at radius 3 is 2.43 bits per heavy atom. The van der Waals surface area contributed by atoms with Crippen molar-refractivity contribution in [1.82, 2.24) is 5.32 Å². The van der Waals surface area contributed by atoms with E-state index in [9.17, 15) is 0 Å². The van der Waals surface area contributed by atoms with Gasteiger partial charge in [-0.1, -0.05) is 49.7 Å². The molecule has 2 rings (SSSR count). The van der Waals surface area contributed by atoms with Gasteiger partial charge in [-0.15, -0.1) is 0 Å². The monoisotopic (exact) mass is 303 g/mol. The smallest absolute Gasteiger partial charge is 0.119 e. The van der Waals surface area contributed by atoms with E-state index in [0.717, 1.165) is 17.3 Å². The van der Waals surface area contributed by atoms with Crippen LogP contribution < -0.4 is 10.1 Å². The van der Waals surface area contributed by atoms with Crippen LogP contribution in [0.3, 0.4) is 0 Å². The van der Waals surface area contributed by atoms with Crippen molar-refractivity contribution >= 4 is 11.6 Å². The Balaban J connectivity index is 2.08. The van der Waals surface area contributed by atoms with Crippen molar-refractivity contribution < 1.29 is 4.74 Å². The summed E-state index contributed by atoms with van der Waals surface area (Å²) >= 11 is 5.97. The predicted octanol–water partition coefficient (Wildman–Crippen LogP) is 4.84. The fourth-order valence-corrected chi connectivity index (χ4v) is 2.54. The lowest BCUT2D eigenvalue weighted by Gasteiger charge is -2.23. The Morgan fingerprint density at radius 2 is 1.81 bits per heavy atom. The van der Waals surface area contributed by atoms with E-state index in [-0.39, 0.29) is 0 Å². The SMILES string of the molecule is COc1cccc(CNC(c2ccc(Cl)cc2)C(C)C)c1. The third kappa shape index (κ3) is 4.48. The normalized spacial score (nSPS) is 12.4. The van der Waals surface area contributed by atoms with E-state index in [2.05, 4.69) is 43.4 Å². The van der Waals surface area contributed by atoms with Gasteiger partial charge in [0.1, 0.15) is 5.75 Å². The van der Waals surface area contributed by atoms with Gasteiger partial charge in [-0.25, -0.2) is 0 Å². The molecule has 21 heavy (non-hydrogen) atoms. The molecule has 0 fully saturated rings. The molecule has 0 aromatic heterocycles. The third-order valence-electron chi connectivity index (χ3n) is 3.56. The Labute approximate surface area is 132 Å². The first-order valence-corrected chi connectivity index (χ1v) is 7.59. The molecule has 112 valence electrons. The summed E-state index contributed by atoms with van der Waals surface area (Å²) < 4.78 is 5.26. The zero-order chi connectivity index (χ0) is 15.2. The molecule has 1 unspecified atom stereocenters. The lowest BCUT2D eigenvalue weighted by atomic mass is 9.96. The van der Waals surface area contributed by atoms with E-state index in [1.54, 1.807) is 7.11 Å². The molecule has 0 saturated heterocycles. The molecule has 1 N–H and O–H groups in total. The molecule has 2 aromatic rings. The molecular formula is C18H22ClNO. The summed E-state index contributed by atoms with van der Waals surface area (Å²) in [7, 11) is 1.69. The van der Waals surface area contributed by atoms with Gasteiger partial charge in [0.15, 0.2) is 0 Å². The minimum absolute atomic E-state index is 0.300. The van der Waals surface area contributed by atoms with Crippen molar-refractivity contribution in [3.8, 4) is 5.75 Å². The molecule has 0 spiro atoms. The third-order valence-corrected chi connectivity index (χ3v) is 3.81. The van der Waals surface area contributed by atoms with Crippen molar-refractivity contribution in [3.63, 3.8) is 0 Å². The molecule has 2 nitrogen and oxygen atoms in total. The summed E-state index contributed by atoms with van der Waals surface area (Å²) in [4.78, 5) is 0. The van der Waals surface area contributed by atoms with Crippen LogP contribution in [0.15, 0.2) is 48.5 Å². The van der Waals surface area contributed by atoms with Gasteiger partial charge in [0.2, 0.25) is 0 Å². The zero-order valence-corrected chi connectivity index (χ0v) is 13.5. The molecule has 0 aliphatic heterocycles. The molecule has 0 amide bonds. The van der Waals surface area contributed by atoms with Gasteiger partial charge in [0.25, 0.3) is 0 Å². The first kappa shape index (κ1) is 15.9. The highest BCUT2D eigenvalue weighted by Crippen LogP contribution is 2.24. The van der Waals surface area contributed by atoms with Gasteiger partial charge >= 0.3 is 0 Å². The molecule has 2 aromatic carbocycles. The fourth-order valence-electron chi connectivity index (χ4n) is 2.42. The van der Waals surface area contributed by atoms with Crippen molar-refractivity contribution in [2.45, 2.75) is 26.4 Å². The Kier molecular flexibility index (Phi) is 5.66. The largest absolute Gasteiger partial charge is 0.497 e. The van der Waals surface area contributed by atoms with Gasteiger partial charge < -0.3 is 10.1 Å². The van der Waals surface area contributed by atoms with Crippen LogP contribution in [0.2, 0.25) is 5.02 Å². The lowest BCUT2D eigenvalue weighted by molar-refractivity contribution is 0.405. The number of rotatable bonds is 6. The second-order valence-electron chi connectivity index (χ2n) is 5.51. The summed E-state index contributed by atoms with van der Waals surface area (Å²) in [5.74, 6) is 1.39. The Morgan fingerprint density at radius 1 is 1.10 bits per heavy atom. The van der Waals surface area contributed by atoms with E-state index in [4.69, 9.17) is 16.3 Å². The number of hydrogen-bond acceptors (Lipinski definition) is 2. The van der Waals surface area contributed by atoms with E-state index < -0.39 is 0 Å². The maximum Gasteiger partial charge on any atom is 0.119 e. The first-order valence-electron chi connectivity index (χ1n) is 7.22. The number of halogens is 1. The summed E-state index contributed by atoms with van der Waals surface area (Å²) in [5.41, 5.74) is 2.48. The van der Waals surface area contributed by atoms with Crippen LogP contribution in [0, 0.1) is 5.92 Å². The number of methoxy groups -OCH3 is 1. The molecular weight excluding hydrogens is 282 g/mol. The molecule has 1 atom stereocenters. The van der Waals surface area contributed by atoms with Crippen molar-refractivity contribution in [2.24, 2.45) is 5.92 Å². The van der Waals surface area contributed by atoms with Crippen LogP contribution >= 0.6 is 11.6 Å². The predicted molar refractivity (Wildman–Crippen MR) is 88.9 cm³/mol. The van der Waals surface area contributed by atoms with Gasteiger partial charge in [-0.05, 0) is 41.3 Å². The second kappa shape index (κ2) is 7.48. The van der Waals surface area contributed by atoms with E-state index in [1.807, 2.05) is 24.3 Å². The number of nitrogens with one attached hydrogen (secondary N) is 1. The van der Waals surface area contributed by atoms with Crippen LogP contribution in [0.4, 0.5) is 0 Å². The summed E-state index contributed by atoms with van der Waals surface area (Å²) in [6, 6.07) is 16.5. The number of benzene rings is 2. The second-order valence-corrected chi connectivity index (χ2v) is 5.94. The molecule has 0 aliphatic rings. The van der Waals surface area contributed by atoms with Crippen molar-refractivity contribution in [1.29, 1.82) is 0 Å². The topological polar surface area (TPSA) is 21.3 Å². The first-order chi connectivity index (χ1) is 10.1. The van der Waals surface area contributed by atoms with Gasteiger partial charge in [0.05, 0.1) is 7.11 Å². The summed E-state index contributed by atoms with van der Waals surface area (Å²) in [6.45, 7) is 5.25. The summed E-state index contributed by atoms with van der Waals surface area (Å²) in [6.07, 6.45) is 0. The minimum atomic E-state index is 0.300. The average Bonchev–Trinajstić information content (AvgIpc) is 2.49. The Bertz CT molecular complexity index is 566. The van der Waals surface area contributed by atoms with Crippen molar-refractivity contribution in [2.75, 3.05) is 7.11 Å². The summed E-state index contributed by atoms with van der Waals surface area (Å²) in [5, 5.41) is 4.40. The standard InChI is InChI=1S/C18H22ClNO/c1-13(2)18(15-7-9-16(19)10-8-15)20-12-14-5-4-6-17(11-14)21-3/h4-11,13,18,20H,12H2,1-3H3. The molecule has 0 aliphatic carbocycles. The van der Waals surface area contributed by atoms with Gasteiger partial charge in [-0.3, -0.25) is 0 Å². The molecule has 0 radical (unpaired) electrons. The highest BCUT2D eigenvalue weighted by Gasteiger charge is 2.15. The van der Waals surface area contributed by atoms with Gasteiger partial charge in [-0.2, -0.15) is 0 Å². The maximum absolute atomic E-state index is 5.97. The molecule has 0 heterocycles. The quantitative estimate of drug-likeness (QED) is 0.825. The minimum Gasteiger partial charge on any atom is -0.497 e. The lowest BCUT2D eigenvalue weighted by Crippen LogP contribution is -2.25. The highest BCUT2D eigenvalue weighted by molar-refractivity contribution is 6.30. The van der Waals surface area contributed by atoms with Gasteiger partial charge in [0, 0.05) is 17.6 Å². The molecule has 0 bridgehead atoms. The van der Waals surface area contributed by atoms with Crippen LogP contribution in [-0.4, -0.2) is 7.11 Å².